The molecule has 0 saturated heterocycles. The number of rotatable bonds is 4. The van der Waals surface area contributed by atoms with Crippen molar-refractivity contribution in [2.24, 2.45) is 5.73 Å². The van der Waals surface area contributed by atoms with Crippen molar-refractivity contribution in [1.29, 1.82) is 0 Å². The van der Waals surface area contributed by atoms with Gasteiger partial charge in [0.2, 0.25) is 0 Å². The molecule has 4 nitrogen and oxygen atoms in total. The second-order valence-corrected chi connectivity index (χ2v) is 3.68. The van der Waals surface area contributed by atoms with Crippen LogP contribution in [0.4, 0.5) is 0 Å². The van der Waals surface area contributed by atoms with Crippen molar-refractivity contribution in [3.05, 3.63) is 47.8 Å². The van der Waals surface area contributed by atoms with E-state index in [9.17, 15) is 0 Å². The summed E-state index contributed by atoms with van der Waals surface area (Å²) in [5, 5.41) is 0. The highest BCUT2D eigenvalue weighted by atomic mass is 15.1. The average molecular weight is 216 g/mol. The third kappa shape index (κ3) is 2.28. The SMILES string of the molecule is CCc1nccn1Cc1ccnc(CN)c1. The summed E-state index contributed by atoms with van der Waals surface area (Å²) in [6, 6.07) is 4.05. The number of aryl methyl sites for hydroxylation is 1. The van der Waals surface area contributed by atoms with Crippen LogP contribution in [0.5, 0.6) is 0 Å². The van der Waals surface area contributed by atoms with Gasteiger partial charge in [-0.2, -0.15) is 0 Å². The zero-order valence-corrected chi connectivity index (χ0v) is 9.43. The summed E-state index contributed by atoms with van der Waals surface area (Å²) in [6.45, 7) is 3.42. The molecular formula is C12H16N4. The maximum absolute atomic E-state index is 5.57. The lowest BCUT2D eigenvalue weighted by atomic mass is 10.2. The summed E-state index contributed by atoms with van der Waals surface area (Å²) in [5.74, 6) is 1.10. The smallest absolute Gasteiger partial charge is 0.108 e. The minimum Gasteiger partial charge on any atom is -0.331 e. The monoisotopic (exact) mass is 216 g/mol. The maximum atomic E-state index is 5.57. The van der Waals surface area contributed by atoms with E-state index in [4.69, 9.17) is 5.73 Å². The van der Waals surface area contributed by atoms with E-state index in [1.807, 2.05) is 24.5 Å². The Morgan fingerprint density at radius 3 is 2.94 bits per heavy atom. The first-order valence-corrected chi connectivity index (χ1v) is 5.47. The van der Waals surface area contributed by atoms with Crippen molar-refractivity contribution in [1.82, 2.24) is 14.5 Å². The van der Waals surface area contributed by atoms with E-state index in [1.54, 1.807) is 6.20 Å². The molecule has 0 fully saturated rings. The Hall–Kier alpha value is -1.68. The van der Waals surface area contributed by atoms with Crippen LogP contribution in [-0.4, -0.2) is 14.5 Å². The molecule has 0 unspecified atom stereocenters. The minimum absolute atomic E-state index is 0.485. The van der Waals surface area contributed by atoms with Gasteiger partial charge in [0.25, 0.3) is 0 Å². The molecular weight excluding hydrogens is 200 g/mol. The van der Waals surface area contributed by atoms with Gasteiger partial charge in [0.1, 0.15) is 5.82 Å². The standard InChI is InChI=1S/C12H16N4/c1-2-12-15-5-6-16(12)9-10-3-4-14-11(7-10)8-13/h3-7H,2,8-9,13H2,1H3. The Balaban J connectivity index is 2.20. The van der Waals surface area contributed by atoms with Gasteiger partial charge in [-0.1, -0.05) is 6.92 Å². The highest BCUT2D eigenvalue weighted by Crippen LogP contribution is 2.07. The Bertz CT molecular complexity index is 462. The van der Waals surface area contributed by atoms with Crippen molar-refractivity contribution >= 4 is 0 Å². The van der Waals surface area contributed by atoms with Gasteiger partial charge in [-0.15, -0.1) is 0 Å². The third-order valence-corrected chi connectivity index (χ3v) is 2.56. The van der Waals surface area contributed by atoms with E-state index in [0.717, 1.165) is 24.5 Å². The summed E-state index contributed by atoms with van der Waals surface area (Å²) in [4.78, 5) is 8.48. The first-order valence-electron chi connectivity index (χ1n) is 5.47. The fourth-order valence-corrected chi connectivity index (χ4v) is 1.73. The highest BCUT2D eigenvalue weighted by molar-refractivity contribution is 5.17. The van der Waals surface area contributed by atoms with Crippen LogP contribution in [0.3, 0.4) is 0 Å². The fourth-order valence-electron chi connectivity index (χ4n) is 1.73. The van der Waals surface area contributed by atoms with Crippen LogP contribution in [0.25, 0.3) is 0 Å². The van der Waals surface area contributed by atoms with Crippen molar-refractivity contribution in [2.45, 2.75) is 26.4 Å². The van der Waals surface area contributed by atoms with E-state index in [0.29, 0.717) is 6.54 Å². The van der Waals surface area contributed by atoms with E-state index in [1.165, 1.54) is 5.56 Å². The molecule has 2 heterocycles. The number of imidazole rings is 1. The van der Waals surface area contributed by atoms with Crippen LogP contribution in [0.2, 0.25) is 0 Å². The van der Waals surface area contributed by atoms with Gasteiger partial charge in [-0.05, 0) is 17.7 Å². The molecule has 0 aliphatic rings. The number of hydrogen-bond donors (Lipinski definition) is 1. The summed E-state index contributed by atoms with van der Waals surface area (Å²) < 4.78 is 2.15. The molecule has 2 aromatic rings. The maximum Gasteiger partial charge on any atom is 0.108 e. The molecule has 4 heteroatoms. The number of nitrogens with two attached hydrogens (primary N) is 1. The lowest BCUT2D eigenvalue weighted by Gasteiger charge is -2.07. The van der Waals surface area contributed by atoms with E-state index in [-0.39, 0.29) is 0 Å². The molecule has 0 atom stereocenters. The fraction of sp³-hybridized carbons (Fsp3) is 0.333. The number of hydrogen-bond acceptors (Lipinski definition) is 3. The molecule has 0 aliphatic heterocycles. The number of nitrogens with zero attached hydrogens (tertiary/aromatic N) is 3. The average Bonchev–Trinajstić information content (AvgIpc) is 2.76. The normalized spacial score (nSPS) is 10.6. The molecule has 0 aromatic carbocycles. The van der Waals surface area contributed by atoms with E-state index < -0.39 is 0 Å². The van der Waals surface area contributed by atoms with Crippen LogP contribution >= 0.6 is 0 Å². The van der Waals surface area contributed by atoms with Crippen LogP contribution in [0.1, 0.15) is 24.0 Å². The summed E-state index contributed by atoms with van der Waals surface area (Å²) in [7, 11) is 0. The predicted octanol–water partition coefficient (Wildman–Crippen LogP) is 1.35. The molecule has 0 amide bonds. The first-order chi connectivity index (χ1) is 7.83. The van der Waals surface area contributed by atoms with Gasteiger partial charge in [0.15, 0.2) is 0 Å². The molecule has 0 spiro atoms. The molecule has 2 aromatic heterocycles. The molecule has 2 rings (SSSR count). The highest BCUT2D eigenvalue weighted by Gasteiger charge is 2.02. The van der Waals surface area contributed by atoms with Crippen molar-refractivity contribution in [3.8, 4) is 0 Å². The third-order valence-electron chi connectivity index (χ3n) is 2.56. The summed E-state index contributed by atoms with van der Waals surface area (Å²) in [5.41, 5.74) is 7.70. The Kier molecular flexibility index (Phi) is 3.31. The van der Waals surface area contributed by atoms with Gasteiger partial charge in [0.05, 0.1) is 5.69 Å². The lowest BCUT2D eigenvalue weighted by molar-refractivity contribution is 0.729. The minimum atomic E-state index is 0.485. The molecule has 84 valence electrons. The Morgan fingerprint density at radius 2 is 2.19 bits per heavy atom. The summed E-state index contributed by atoms with van der Waals surface area (Å²) >= 11 is 0. The van der Waals surface area contributed by atoms with Crippen LogP contribution in [-0.2, 0) is 19.5 Å². The molecule has 2 N–H and O–H groups in total. The second kappa shape index (κ2) is 4.90. The summed E-state index contributed by atoms with van der Waals surface area (Å²) in [6.07, 6.45) is 6.59. The zero-order chi connectivity index (χ0) is 11.4. The topological polar surface area (TPSA) is 56.7 Å². The van der Waals surface area contributed by atoms with Gasteiger partial charge in [-0.3, -0.25) is 4.98 Å². The van der Waals surface area contributed by atoms with Crippen molar-refractivity contribution < 1.29 is 0 Å². The Labute approximate surface area is 95.1 Å². The molecule has 0 saturated carbocycles. The van der Waals surface area contributed by atoms with E-state index >= 15 is 0 Å². The zero-order valence-electron chi connectivity index (χ0n) is 9.43. The van der Waals surface area contributed by atoms with Gasteiger partial charge in [-0.25, -0.2) is 4.98 Å². The first kappa shape index (κ1) is 10.8. The van der Waals surface area contributed by atoms with Crippen molar-refractivity contribution in [3.63, 3.8) is 0 Å². The van der Waals surface area contributed by atoms with Crippen LogP contribution < -0.4 is 5.73 Å². The molecule has 0 radical (unpaired) electrons. The second-order valence-electron chi connectivity index (χ2n) is 3.68. The quantitative estimate of drug-likeness (QED) is 0.839. The Morgan fingerprint density at radius 1 is 1.31 bits per heavy atom. The van der Waals surface area contributed by atoms with Gasteiger partial charge >= 0.3 is 0 Å². The van der Waals surface area contributed by atoms with Crippen molar-refractivity contribution in [2.75, 3.05) is 0 Å². The predicted molar refractivity (Wildman–Crippen MR) is 62.8 cm³/mol. The van der Waals surface area contributed by atoms with Gasteiger partial charge < -0.3 is 10.3 Å². The number of pyridine rings is 1. The van der Waals surface area contributed by atoms with Gasteiger partial charge in [0, 0.05) is 38.1 Å². The number of aromatic nitrogens is 3. The lowest BCUT2D eigenvalue weighted by Crippen LogP contribution is -2.05. The largest absolute Gasteiger partial charge is 0.331 e. The van der Waals surface area contributed by atoms with Crippen LogP contribution in [0.15, 0.2) is 30.7 Å². The molecule has 0 bridgehead atoms. The molecule has 0 aliphatic carbocycles. The van der Waals surface area contributed by atoms with Crippen LogP contribution in [0, 0.1) is 0 Å². The van der Waals surface area contributed by atoms with E-state index in [2.05, 4.69) is 21.5 Å². The molecule has 16 heavy (non-hydrogen) atoms.